The summed E-state index contributed by atoms with van der Waals surface area (Å²) in [7, 11) is 0. The van der Waals surface area contributed by atoms with Crippen LogP contribution >= 0.6 is 0 Å². The van der Waals surface area contributed by atoms with Crippen LogP contribution in [0, 0.1) is 17.3 Å². The molecule has 1 aromatic carbocycles. The number of carbonyl (C=O) groups is 2. The monoisotopic (exact) mass is 412 g/mol. The average molecular weight is 413 g/mol. The fourth-order valence-electron chi connectivity index (χ4n) is 6.87. The van der Waals surface area contributed by atoms with Crippen LogP contribution in [0.2, 0.25) is 0 Å². The van der Waals surface area contributed by atoms with Crippen LogP contribution in [-0.4, -0.2) is 59.8 Å². The van der Waals surface area contributed by atoms with Crippen molar-refractivity contribution in [3.8, 4) is 0 Å². The van der Waals surface area contributed by atoms with E-state index in [-0.39, 0.29) is 11.9 Å². The van der Waals surface area contributed by atoms with E-state index in [4.69, 9.17) is 4.74 Å². The van der Waals surface area contributed by atoms with Gasteiger partial charge in [-0.1, -0.05) is 18.2 Å². The summed E-state index contributed by atoms with van der Waals surface area (Å²) in [6, 6.07) is 10.2. The molecule has 2 unspecified atom stereocenters. The molecular weight excluding hydrogens is 380 g/mol. The number of anilines is 1. The summed E-state index contributed by atoms with van der Waals surface area (Å²) in [5, 5.41) is 10.9. The number of esters is 1. The molecule has 0 aromatic heterocycles. The Hall–Kier alpha value is -2.08. The van der Waals surface area contributed by atoms with Crippen LogP contribution in [0.15, 0.2) is 30.3 Å². The summed E-state index contributed by atoms with van der Waals surface area (Å²) in [6.45, 7) is 4.50. The molecule has 5 fully saturated rings. The van der Waals surface area contributed by atoms with Gasteiger partial charge in [0.15, 0.2) is 6.10 Å². The van der Waals surface area contributed by atoms with Gasteiger partial charge in [0.05, 0.1) is 11.0 Å². The minimum Gasteiger partial charge on any atom is -0.452 e. The zero-order chi connectivity index (χ0) is 20.9. The van der Waals surface area contributed by atoms with Gasteiger partial charge in [0.2, 0.25) is 0 Å². The Morgan fingerprint density at radius 1 is 1.03 bits per heavy atom. The van der Waals surface area contributed by atoms with E-state index in [1.807, 2.05) is 23.1 Å². The van der Waals surface area contributed by atoms with E-state index in [1.54, 1.807) is 6.92 Å². The molecule has 6 heteroatoms. The van der Waals surface area contributed by atoms with E-state index in [2.05, 4.69) is 17.0 Å². The number of benzene rings is 1. The van der Waals surface area contributed by atoms with E-state index in [1.165, 1.54) is 5.69 Å². The number of ether oxygens (including phenoxy) is 1. The summed E-state index contributed by atoms with van der Waals surface area (Å²) in [6.07, 6.45) is 4.10. The molecule has 1 heterocycles. The van der Waals surface area contributed by atoms with E-state index in [9.17, 15) is 14.7 Å². The molecular formula is C24H32N2O4. The second-order valence-corrected chi connectivity index (χ2v) is 10.2. The minimum absolute atomic E-state index is 0.112. The van der Waals surface area contributed by atoms with Crippen LogP contribution in [0.5, 0.6) is 0 Å². The number of rotatable bonds is 4. The molecule has 5 aliphatic rings. The molecule has 1 amide bonds. The highest BCUT2D eigenvalue weighted by Gasteiger charge is 2.61. The Kier molecular flexibility index (Phi) is 4.80. The first kappa shape index (κ1) is 19.9. The molecule has 0 radical (unpaired) electrons. The summed E-state index contributed by atoms with van der Waals surface area (Å²) in [4.78, 5) is 30.2. The van der Waals surface area contributed by atoms with Gasteiger partial charge in [0.25, 0.3) is 5.91 Å². The van der Waals surface area contributed by atoms with Crippen LogP contribution < -0.4 is 4.90 Å². The summed E-state index contributed by atoms with van der Waals surface area (Å²) in [5.74, 6) is 0.458. The summed E-state index contributed by atoms with van der Waals surface area (Å²) >= 11 is 0. The lowest BCUT2D eigenvalue weighted by Gasteiger charge is -2.58. The molecule has 1 N–H and O–H groups in total. The van der Waals surface area contributed by atoms with E-state index >= 15 is 0 Å². The number of amides is 1. The smallest absolute Gasteiger partial charge is 0.312 e. The highest BCUT2D eigenvalue weighted by Crippen LogP contribution is 2.62. The van der Waals surface area contributed by atoms with Crippen molar-refractivity contribution in [2.45, 2.75) is 57.2 Å². The first-order valence-corrected chi connectivity index (χ1v) is 11.4. The Balaban J connectivity index is 1.18. The Morgan fingerprint density at radius 3 is 2.27 bits per heavy atom. The summed E-state index contributed by atoms with van der Waals surface area (Å²) in [5.41, 5.74) is -0.118. The van der Waals surface area contributed by atoms with Gasteiger partial charge in [-0.15, -0.1) is 0 Å². The van der Waals surface area contributed by atoms with Crippen LogP contribution in [0.1, 0.15) is 45.4 Å². The quantitative estimate of drug-likeness (QED) is 0.770. The van der Waals surface area contributed by atoms with Crippen molar-refractivity contribution in [3.05, 3.63) is 30.3 Å². The Labute approximate surface area is 178 Å². The molecule has 4 aliphatic carbocycles. The van der Waals surface area contributed by atoms with Gasteiger partial charge < -0.3 is 19.6 Å². The third-order valence-electron chi connectivity index (χ3n) is 7.81. The van der Waals surface area contributed by atoms with Gasteiger partial charge in [0.1, 0.15) is 0 Å². The fourth-order valence-corrected chi connectivity index (χ4v) is 6.87. The first-order valence-electron chi connectivity index (χ1n) is 11.4. The van der Waals surface area contributed by atoms with Crippen LogP contribution in [0.4, 0.5) is 5.69 Å². The lowest BCUT2D eigenvalue weighted by molar-refractivity contribution is -0.200. The van der Waals surface area contributed by atoms with E-state index < -0.39 is 17.1 Å². The van der Waals surface area contributed by atoms with Crippen LogP contribution in [0.25, 0.3) is 0 Å². The zero-order valence-electron chi connectivity index (χ0n) is 17.8. The van der Waals surface area contributed by atoms with Crippen molar-refractivity contribution >= 4 is 17.6 Å². The molecule has 4 bridgehead atoms. The molecule has 0 spiro atoms. The molecule has 6 rings (SSSR count). The largest absolute Gasteiger partial charge is 0.452 e. The number of para-hydroxylation sites is 1. The molecule has 1 aromatic rings. The maximum absolute atomic E-state index is 13.2. The standard InChI is InChI=1S/C24H32N2O4/c1-17(21(27)26-9-7-25(8-10-26)20-5-3-2-4-6-20)30-22(28)23-12-18-11-19(13-23)15-24(29,14-18)16-23/h2-6,17-19,29H,7-16H2,1H3/t17-,18-,19+,23?,24?/m0/s1. The van der Waals surface area contributed by atoms with Gasteiger partial charge in [-0.3, -0.25) is 9.59 Å². The summed E-state index contributed by atoms with van der Waals surface area (Å²) < 4.78 is 5.75. The lowest BCUT2D eigenvalue weighted by Crippen LogP contribution is -2.59. The molecule has 1 saturated heterocycles. The maximum atomic E-state index is 13.2. The van der Waals surface area contributed by atoms with Crippen molar-refractivity contribution in [2.75, 3.05) is 31.1 Å². The predicted octanol–water partition coefficient (Wildman–Crippen LogP) is 2.60. The number of hydrogen-bond acceptors (Lipinski definition) is 5. The van der Waals surface area contributed by atoms with Gasteiger partial charge >= 0.3 is 5.97 Å². The number of hydrogen-bond donors (Lipinski definition) is 1. The minimum atomic E-state index is -0.775. The molecule has 6 nitrogen and oxygen atoms in total. The van der Waals surface area contributed by atoms with Gasteiger partial charge in [-0.2, -0.15) is 0 Å². The van der Waals surface area contributed by atoms with Crippen molar-refractivity contribution in [2.24, 2.45) is 17.3 Å². The zero-order valence-corrected chi connectivity index (χ0v) is 17.8. The first-order chi connectivity index (χ1) is 14.4. The van der Waals surface area contributed by atoms with E-state index in [0.29, 0.717) is 31.3 Å². The number of carbonyl (C=O) groups excluding carboxylic acids is 2. The van der Waals surface area contributed by atoms with Gasteiger partial charge in [-0.25, -0.2) is 0 Å². The second-order valence-electron chi connectivity index (χ2n) is 10.2. The molecule has 5 atom stereocenters. The van der Waals surface area contributed by atoms with Crippen molar-refractivity contribution < 1.29 is 19.4 Å². The SMILES string of the molecule is C[C@H](OC(=O)C12C[C@@H]3C[C@@H](CC(O)(C3)C1)C2)C(=O)N1CCN(c2ccccc2)CC1. The number of piperazine rings is 1. The lowest BCUT2D eigenvalue weighted by atomic mass is 9.48. The van der Waals surface area contributed by atoms with Crippen LogP contribution in [0.3, 0.4) is 0 Å². The third kappa shape index (κ3) is 3.49. The Bertz CT molecular complexity index is 804. The van der Waals surface area contributed by atoms with Gasteiger partial charge in [-0.05, 0) is 69.4 Å². The molecule has 1 aliphatic heterocycles. The normalized spacial score (nSPS) is 35.9. The topological polar surface area (TPSA) is 70.1 Å². The average Bonchev–Trinajstić information content (AvgIpc) is 2.72. The predicted molar refractivity (Wildman–Crippen MR) is 113 cm³/mol. The van der Waals surface area contributed by atoms with Crippen molar-refractivity contribution in [1.29, 1.82) is 0 Å². The fraction of sp³-hybridized carbons (Fsp3) is 0.667. The molecule has 162 valence electrons. The van der Waals surface area contributed by atoms with E-state index in [0.717, 1.165) is 45.2 Å². The number of nitrogens with zero attached hydrogens (tertiary/aromatic N) is 2. The molecule has 4 saturated carbocycles. The maximum Gasteiger partial charge on any atom is 0.312 e. The van der Waals surface area contributed by atoms with Crippen molar-refractivity contribution in [3.63, 3.8) is 0 Å². The highest BCUT2D eigenvalue weighted by molar-refractivity contribution is 5.85. The second kappa shape index (κ2) is 7.26. The highest BCUT2D eigenvalue weighted by atomic mass is 16.5. The number of aliphatic hydroxyl groups is 1. The third-order valence-corrected chi connectivity index (χ3v) is 7.81. The van der Waals surface area contributed by atoms with Crippen molar-refractivity contribution in [1.82, 2.24) is 4.90 Å². The van der Waals surface area contributed by atoms with Crippen LogP contribution in [-0.2, 0) is 14.3 Å². The molecule has 30 heavy (non-hydrogen) atoms. The van der Waals surface area contributed by atoms with Gasteiger partial charge in [0, 0.05) is 31.9 Å². The Morgan fingerprint density at radius 2 is 1.67 bits per heavy atom.